The standard InChI is InChI=1S/C24H25N3O3/c1-2-30-22-11-7-6-10-21(22)25-17-23(28)27-20-14-12-19(13-15-20)24(29)26-16-18-8-4-3-5-9-18/h3-15,25H,2,16-17H2,1H3,(H,26,29)(H,27,28). The SMILES string of the molecule is CCOc1ccccc1NCC(=O)Nc1ccc(C(=O)NCc2ccccc2)cc1. The van der Waals surface area contributed by atoms with E-state index in [1.54, 1.807) is 24.3 Å². The predicted molar refractivity (Wildman–Crippen MR) is 119 cm³/mol. The summed E-state index contributed by atoms with van der Waals surface area (Å²) >= 11 is 0. The summed E-state index contributed by atoms with van der Waals surface area (Å²) in [5.74, 6) is 0.354. The topological polar surface area (TPSA) is 79.5 Å². The van der Waals surface area contributed by atoms with Gasteiger partial charge in [-0.1, -0.05) is 42.5 Å². The van der Waals surface area contributed by atoms with Gasteiger partial charge in [0.25, 0.3) is 5.91 Å². The van der Waals surface area contributed by atoms with Gasteiger partial charge in [0.05, 0.1) is 18.8 Å². The van der Waals surface area contributed by atoms with Crippen molar-refractivity contribution < 1.29 is 14.3 Å². The van der Waals surface area contributed by atoms with Crippen LogP contribution in [0.5, 0.6) is 5.75 Å². The van der Waals surface area contributed by atoms with Gasteiger partial charge in [-0.05, 0) is 48.9 Å². The van der Waals surface area contributed by atoms with E-state index in [0.29, 0.717) is 30.2 Å². The summed E-state index contributed by atoms with van der Waals surface area (Å²) < 4.78 is 5.54. The molecule has 0 aromatic heterocycles. The van der Waals surface area contributed by atoms with Crippen molar-refractivity contribution in [3.05, 3.63) is 90.0 Å². The molecule has 6 nitrogen and oxygen atoms in total. The molecule has 3 N–H and O–H groups in total. The molecule has 0 aliphatic carbocycles. The van der Waals surface area contributed by atoms with Gasteiger partial charge in [0.15, 0.2) is 0 Å². The fourth-order valence-electron chi connectivity index (χ4n) is 2.86. The van der Waals surface area contributed by atoms with Crippen LogP contribution in [0, 0.1) is 0 Å². The first-order chi connectivity index (χ1) is 14.7. The van der Waals surface area contributed by atoms with E-state index < -0.39 is 0 Å². The molecule has 0 spiro atoms. The number of carbonyl (C=O) groups is 2. The Morgan fingerprint density at radius 1 is 0.867 bits per heavy atom. The summed E-state index contributed by atoms with van der Waals surface area (Å²) in [4.78, 5) is 24.5. The smallest absolute Gasteiger partial charge is 0.251 e. The summed E-state index contributed by atoms with van der Waals surface area (Å²) in [5.41, 5.74) is 2.96. The molecule has 2 amide bonds. The van der Waals surface area contributed by atoms with Crippen molar-refractivity contribution in [2.45, 2.75) is 13.5 Å². The molecule has 0 unspecified atom stereocenters. The number of amides is 2. The van der Waals surface area contributed by atoms with Gasteiger partial charge in [-0.2, -0.15) is 0 Å². The maximum Gasteiger partial charge on any atom is 0.251 e. The number of para-hydroxylation sites is 2. The van der Waals surface area contributed by atoms with Crippen molar-refractivity contribution in [2.24, 2.45) is 0 Å². The van der Waals surface area contributed by atoms with Gasteiger partial charge < -0.3 is 20.7 Å². The van der Waals surface area contributed by atoms with Crippen LogP contribution in [0.2, 0.25) is 0 Å². The third-order valence-electron chi connectivity index (χ3n) is 4.35. The number of rotatable bonds is 9. The highest BCUT2D eigenvalue weighted by molar-refractivity contribution is 5.96. The minimum atomic E-state index is -0.192. The van der Waals surface area contributed by atoms with E-state index in [4.69, 9.17) is 4.74 Å². The van der Waals surface area contributed by atoms with Gasteiger partial charge in [-0.3, -0.25) is 9.59 Å². The molecule has 3 aromatic rings. The van der Waals surface area contributed by atoms with Gasteiger partial charge in [-0.15, -0.1) is 0 Å². The van der Waals surface area contributed by atoms with Crippen molar-refractivity contribution in [1.29, 1.82) is 0 Å². The Labute approximate surface area is 176 Å². The molecule has 154 valence electrons. The zero-order valence-electron chi connectivity index (χ0n) is 16.9. The second-order valence-electron chi connectivity index (χ2n) is 6.58. The second-order valence-corrected chi connectivity index (χ2v) is 6.58. The fraction of sp³-hybridized carbons (Fsp3) is 0.167. The third kappa shape index (κ3) is 6.10. The maximum atomic E-state index is 12.3. The van der Waals surface area contributed by atoms with E-state index in [9.17, 15) is 9.59 Å². The molecular formula is C24H25N3O3. The van der Waals surface area contributed by atoms with Crippen LogP contribution in [0.15, 0.2) is 78.9 Å². The molecule has 0 aliphatic heterocycles. The normalized spacial score (nSPS) is 10.2. The average Bonchev–Trinajstić information content (AvgIpc) is 2.78. The highest BCUT2D eigenvalue weighted by atomic mass is 16.5. The summed E-state index contributed by atoms with van der Waals surface area (Å²) in [6.07, 6.45) is 0. The number of carbonyl (C=O) groups excluding carboxylic acids is 2. The molecule has 0 bridgehead atoms. The first-order valence-corrected chi connectivity index (χ1v) is 9.83. The number of hydrogen-bond donors (Lipinski definition) is 3. The monoisotopic (exact) mass is 403 g/mol. The molecule has 0 fully saturated rings. The summed E-state index contributed by atoms with van der Waals surface area (Å²) in [6.45, 7) is 3.03. The molecular weight excluding hydrogens is 378 g/mol. The Hall–Kier alpha value is -3.80. The summed E-state index contributed by atoms with van der Waals surface area (Å²) in [6, 6.07) is 24.0. The van der Waals surface area contributed by atoms with Crippen molar-refractivity contribution in [1.82, 2.24) is 5.32 Å². The zero-order chi connectivity index (χ0) is 21.2. The molecule has 6 heteroatoms. The first-order valence-electron chi connectivity index (χ1n) is 9.83. The van der Waals surface area contributed by atoms with Crippen LogP contribution in [-0.4, -0.2) is 25.0 Å². The molecule has 3 aromatic carbocycles. The molecule has 0 saturated carbocycles. The van der Waals surface area contributed by atoms with E-state index in [1.807, 2.05) is 61.5 Å². The van der Waals surface area contributed by atoms with Crippen molar-refractivity contribution >= 4 is 23.2 Å². The van der Waals surface area contributed by atoms with Crippen LogP contribution >= 0.6 is 0 Å². The molecule has 30 heavy (non-hydrogen) atoms. The fourth-order valence-corrected chi connectivity index (χ4v) is 2.86. The molecule has 0 aliphatic rings. The van der Waals surface area contributed by atoms with E-state index in [1.165, 1.54) is 0 Å². The van der Waals surface area contributed by atoms with E-state index in [2.05, 4.69) is 16.0 Å². The summed E-state index contributed by atoms with van der Waals surface area (Å²) in [5, 5.41) is 8.77. The number of anilines is 2. The second kappa shape index (κ2) is 10.7. The highest BCUT2D eigenvalue weighted by Gasteiger charge is 2.08. The van der Waals surface area contributed by atoms with Crippen LogP contribution in [0.4, 0.5) is 11.4 Å². The number of ether oxygens (including phenoxy) is 1. The molecule has 3 rings (SSSR count). The number of hydrogen-bond acceptors (Lipinski definition) is 4. The van der Waals surface area contributed by atoms with Gasteiger partial charge in [-0.25, -0.2) is 0 Å². The minimum absolute atomic E-state index is 0.101. The van der Waals surface area contributed by atoms with Gasteiger partial charge in [0.1, 0.15) is 5.75 Å². The zero-order valence-corrected chi connectivity index (χ0v) is 16.9. The van der Waals surface area contributed by atoms with Crippen LogP contribution < -0.4 is 20.7 Å². The molecule has 0 radical (unpaired) electrons. The van der Waals surface area contributed by atoms with Crippen LogP contribution in [0.1, 0.15) is 22.8 Å². The van der Waals surface area contributed by atoms with Crippen LogP contribution in [0.3, 0.4) is 0 Å². The Balaban J connectivity index is 1.49. The Morgan fingerprint density at radius 2 is 1.57 bits per heavy atom. The lowest BCUT2D eigenvalue weighted by molar-refractivity contribution is -0.114. The Bertz CT molecular complexity index is 973. The largest absolute Gasteiger partial charge is 0.492 e. The van der Waals surface area contributed by atoms with Gasteiger partial charge >= 0.3 is 0 Å². The van der Waals surface area contributed by atoms with Crippen LogP contribution in [-0.2, 0) is 11.3 Å². The molecule has 0 saturated heterocycles. The minimum Gasteiger partial charge on any atom is -0.492 e. The number of benzene rings is 3. The van der Waals surface area contributed by atoms with E-state index >= 15 is 0 Å². The molecule has 0 heterocycles. The van der Waals surface area contributed by atoms with Crippen molar-refractivity contribution in [3.63, 3.8) is 0 Å². The molecule has 0 atom stereocenters. The van der Waals surface area contributed by atoms with Gasteiger partial charge in [0.2, 0.25) is 5.91 Å². The maximum absolute atomic E-state index is 12.3. The van der Waals surface area contributed by atoms with E-state index in [0.717, 1.165) is 11.3 Å². The van der Waals surface area contributed by atoms with Crippen LogP contribution in [0.25, 0.3) is 0 Å². The van der Waals surface area contributed by atoms with Gasteiger partial charge in [0, 0.05) is 17.8 Å². The Morgan fingerprint density at radius 3 is 2.30 bits per heavy atom. The summed E-state index contributed by atoms with van der Waals surface area (Å²) in [7, 11) is 0. The Kier molecular flexibility index (Phi) is 7.44. The van der Waals surface area contributed by atoms with E-state index in [-0.39, 0.29) is 18.4 Å². The number of nitrogens with one attached hydrogen (secondary N) is 3. The predicted octanol–water partition coefficient (Wildman–Crippen LogP) is 4.07. The lowest BCUT2D eigenvalue weighted by atomic mass is 10.1. The first kappa shape index (κ1) is 20.9. The van der Waals surface area contributed by atoms with Crippen molar-refractivity contribution in [3.8, 4) is 5.75 Å². The quantitative estimate of drug-likeness (QED) is 0.503. The lowest BCUT2D eigenvalue weighted by Gasteiger charge is -2.12. The van der Waals surface area contributed by atoms with Crippen molar-refractivity contribution in [2.75, 3.05) is 23.8 Å². The third-order valence-corrected chi connectivity index (χ3v) is 4.35. The lowest BCUT2D eigenvalue weighted by Crippen LogP contribution is -2.23. The highest BCUT2D eigenvalue weighted by Crippen LogP contribution is 2.23. The average molecular weight is 403 g/mol.